The number of H-pyrrole nitrogens is 1. The van der Waals surface area contributed by atoms with E-state index >= 15 is 0 Å². The third-order valence-corrected chi connectivity index (χ3v) is 4.89. The average molecular weight is 373 g/mol. The van der Waals surface area contributed by atoms with Gasteiger partial charge in [0.2, 0.25) is 5.91 Å². The van der Waals surface area contributed by atoms with E-state index in [4.69, 9.17) is 11.6 Å². The van der Waals surface area contributed by atoms with Gasteiger partial charge in [-0.1, -0.05) is 23.2 Å². The topological polar surface area (TPSA) is 62.0 Å². The molecule has 128 valence electrons. The number of nitrogens with one attached hydrogen (secondary N) is 2. The molecule has 6 heteroatoms. The summed E-state index contributed by atoms with van der Waals surface area (Å²) in [4.78, 5) is 27.4. The van der Waals surface area contributed by atoms with Gasteiger partial charge in [0.1, 0.15) is 0 Å². The second-order valence-electron chi connectivity index (χ2n) is 5.76. The van der Waals surface area contributed by atoms with Crippen molar-refractivity contribution in [2.24, 2.45) is 0 Å². The van der Waals surface area contributed by atoms with Crippen LogP contribution in [0.3, 0.4) is 0 Å². The Hall–Kier alpha value is -2.24. The highest BCUT2D eigenvalue weighted by Gasteiger charge is 2.06. The van der Waals surface area contributed by atoms with Gasteiger partial charge in [-0.05, 0) is 43.3 Å². The minimum absolute atomic E-state index is 0.00124. The van der Waals surface area contributed by atoms with E-state index < -0.39 is 0 Å². The number of rotatable bonds is 5. The van der Waals surface area contributed by atoms with E-state index in [0.717, 1.165) is 16.8 Å². The van der Waals surface area contributed by atoms with Crippen LogP contribution in [0.15, 0.2) is 53.3 Å². The van der Waals surface area contributed by atoms with Crippen molar-refractivity contribution >= 4 is 45.9 Å². The highest BCUT2D eigenvalue weighted by atomic mass is 35.5. The number of aryl methyl sites for hydroxylation is 1. The number of halogens is 1. The van der Waals surface area contributed by atoms with Crippen molar-refractivity contribution in [1.29, 1.82) is 0 Å². The second kappa shape index (κ2) is 7.76. The molecular weight excluding hydrogens is 356 g/mol. The first-order chi connectivity index (χ1) is 12.0. The Kier molecular flexibility index (Phi) is 5.46. The summed E-state index contributed by atoms with van der Waals surface area (Å²) in [5, 5.41) is 4.13. The molecule has 2 aromatic carbocycles. The number of hydrogen-bond donors (Lipinski definition) is 2. The van der Waals surface area contributed by atoms with Gasteiger partial charge in [0.05, 0.1) is 5.75 Å². The molecule has 0 spiro atoms. The number of anilines is 1. The zero-order valence-corrected chi connectivity index (χ0v) is 15.2. The number of benzene rings is 2. The summed E-state index contributed by atoms with van der Waals surface area (Å²) in [6.45, 7) is 1.96. The maximum atomic E-state index is 12.2. The fourth-order valence-corrected chi connectivity index (χ4v) is 3.34. The zero-order chi connectivity index (χ0) is 17.8. The van der Waals surface area contributed by atoms with Crippen LogP contribution in [-0.4, -0.2) is 16.6 Å². The van der Waals surface area contributed by atoms with E-state index in [1.807, 2.05) is 25.1 Å². The summed E-state index contributed by atoms with van der Waals surface area (Å²) in [6, 6.07) is 14.3. The van der Waals surface area contributed by atoms with Crippen LogP contribution in [0.25, 0.3) is 10.9 Å². The van der Waals surface area contributed by atoms with Crippen LogP contribution >= 0.6 is 23.4 Å². The maximum Gasteiger partial charge on any atom is 0.234 e. The highest BCUT2D eigenvalue weighted by Crippen LogP contribution is 2.16. The molecule has 25 heavy (non-hydrogen) atoms. The Morgan fingerprint density at radius 2 is 1.92 bits per heavy atom. The van der Waals surface area contributed by atoms with Crippen molar-refractivity contribution in [3.63, 3.8) is 0 Å². The van der Waals surface area contributed by atoms with Gasteiger partial charge in [0.15, 0.2) is 5.43 Å². The first kappa shape index (κ1) is 17.6. The number of hydrogen-bond acceptors (Lipinski definition) is 3. The third-order valence-electron chi connectivity index (χ3n) is 3.66. The van der Waals surface area contributed by atoms with Gasteiger partial charge in [-0.25, -0.2) is 0 Å². The predicted molar refractivity (Wildman–Crippen MR) is 106 cm³/mol. The number of amides is 1. The van der Waals surface area contributed by atoms with E-state index in [9.17, 15) is 9.59 Å². The third kappa shape index (κ3) is 4.65. The standard InChI is InChI=1S/C19H17ClN2O2S/c1-12-2-7-17-16(8-12)18(23)9-15(21-17)10-25-11-19(24)22-14-5-3-13(20)4-6-14/h2-9H,10-11H2,1H3,(H,21,23)(H,22,24). The lowest BCUT2D eigenvalue weighted by molar-refractivity contribution is -0.113. The number of carbonyl (C=O) groups is 1. The monoisotopic (exact) mass is 372 g/mol. The molecule has 0 saturated carbocycles. The quantitative estimate of drug-likeness (QED) is 0.699. The minimum Gasteiger partial charge on any atom is -0.357 e. The van der Waals surface area contributed by atoms with Crippen molar-refractivity contribution in [2.45, 2.75) is 12.7 Å². The molecule has 0 saturated heterocycles. The fraction of sp³-hybridized carbons (Fsp3) is 0.158. The summed E-state index contributed by atoms with van der Waals surface area (Å²) in [5.41, 5.74) is 3.40. The molecule has 3 rings (SSSR count). The van der Waals surface area contributed by atoms with Crippen molar-refractivity contribution in [3.05, 3.63) is 75.0 Å². The molecule has 1 amide bonds. The molecule has 0 radical (unpaired) electrons. The van der Waals surface area contributed by atoms with Crippen LogP contribution in [0.5, 0.6) is 0 Å². The smallest absolute Gasteiger partial charge is 0.234 e. The van der Waals surface area contributed by atoms with Gasteiger partial charge in [0, 0.05) is 39.1 Å². The van der Waals surface area contributed by atoms with Gasteiger partial charge >= 0.3 is 0 Å². The van der Waals surface area contributed by atoms with Crippen LogP contribution in [0.2, 0.25) is 5.02 Å². The number of pyridine rings is 1. The molecule has 1 aromatic heterocycles. The lowest BCUT2D eigenvalue weighted by Gasteiger charge is -2.07. The minimum atomic E-state index is -0.0916. The number of thioether (sulfide) groups is 1. The molecule has 0 fully saturated rings. The average Bonchev–Trinajstić information content (AvgIpc) is 2.58. The van der Waals surface area contributed by atoms with Gasteiger partial charge in [-0.2, -0.15) is 0 Å². The molecule has 0 bridgehead atoms. The van der Waals surface area contributed by atoms with Crippen molar-refractivity contribution in [3.8, 4) is 0 Å². The van der Waals surface area contributed by atoms with E-state index in [0.29, 0.717) is 27.6 Å². The Morgan fingerprint density at radius 1 is 1.16 bits per heavy atom. The van der Waals surface area contributed by atoms with Gasteiger partial charge < -0.3 is 10.3 Å². The van der Waals surface area contributed by atoms with E-state index in [2.05, 4.69) is 10.3 Å². The molecular formula is C19H17ClN2O2S. The first-order valence-corrected chi connectivity index (χ1v) is 9.30. The molecule has 0 atom stereocenters. The van der Waals surface area contributed by atoms with Crippen LogP contribution in [-0.2, 0) is 10.5 Å². The Morgan fingerprint density at radius 3 is 2.68 bits per heavy atom. The van der Waals surface area contributed by atoms with Crippen LogP contribution in [0.4, 0.5) is 5.69 Å². The summed E-state index contributed by atoms with van der Waals surface area (Å²) >= 11 is 7.27. The van der Waals surface area contributed by atoms with Crippen molar-refractivity contribution < 1.29 is 4.79 Å². The molecule has 1 heterocycles. The molecule has 2 N–H and O–H groups in total. The number of aromatic amines is 1. The lowest BCUT2D eigenvalue weighted by Crippen LogP contribution is -2.14. The Labute approximate surface area is 154 Å². The van der Waals surface area contributed by atoms with Crippen LogP contribution < -0.4 is 10.7 Å². The normalized spacial score (nSPS) is 10.8. The van der Waals surface area contributed by atoms with Crippen molar-refractivity contribution in [2.75, 3.05) is 11.1 Å². The summed E-state index contributed by atoms with van der Waals surface area (Å²) in [5.74, 6) is 0.773. The lowest BCUT2D eigenvalue weighted by atomic mass is 10.1. The second-order valence-corrected chi connectivity index (χ2v) is 7.18. The Bertz CT molecular complexity index is 967. The summed E-state index contributed by atoms with van der Waals surface area (Å²) < 4.78 is 0. The van der Waals surface area contributed by atoms with Crippen LogP contribution in [0.1, 0.15) is 11.3 Å². The highest BCUT2D eigenvalue weighted by molar-refractivity contribution is 7.99. The molecule has 0 aliphatic rings. The predicted octanol–water partition coefficient (Wildman–Crippen LogP) is 4.36. The molecule has 0 unspecified atom stereocenters. The van der Waals surface area contributed by atoms with E-state index in [-0.39, 0.29) is 11.3 Å². The van der Waals surface area contributed by atoms with Crippen LogP contribution in [0, 0.1) is 6.92 Å². The molecule has 0 aliphatic carbocycles. The largest absolute Gasteiger partial charge is 0.357 e. The first-order valence-electron chi connectivity index (χ1n) is 7.77. The number of fused-ring (bicyclic) bond motifs is 1. The number of carbonyl (C=O) groups excluding carboxylic acids is 1. The van der Waals surface area contributed by atoms with E-state index in [1.54, 1.807) is 30.3 Å². The summed E-state index contributed by atoms with van der Waals surface area (Å²) in [6.07, 6.45) is 0. The van der Waals surface area contributed by atoms with E-state index in [1.165, 1.54) is 11.8 Å². The summed E-state index contributed by atoms with van der Waals surface area (Å²) in [7, 11) is 0. The maximum absolute atomic E-state index is 12.2. The molecule has 3 aromatic rings. The number of aromatic nitrogens is 1. The molecule has 0 aliphatic heterocycles. The SMILES string of the molecule is Cc1ccc2[nH]c(CSCC(=O)Nc3ccc(Cl)cc3)cc(=O)c2c1. The Balaban J connectivity index is 1.59. The zero-order valence-electron chi connectivity index (χ0n) is 13.6. The van der Waals surface area contributed by atoms with Gasteiger partial charge in [0.25, 0.3) is 0 Å². The van der Waals surface area contributed by atoms with Gasteiger partial charge in [-0.15, -0.1) is 11.8 Å². The molecule has 4 nitrogen and oxygen atoms in total. The van der Waals surface area contributed by atoms with Crippen molar-refractivity contribution in [1.82, 2.24) is 4.98 Å². The fourth-order valence-electron chi connectivity index (χ4n) is 2.48. The van der Waals surface area contributed by atoms with Gasteiger partial charge in [-0.3, -0.25) is 9.59 Å².